The molecule has 0 saturated carbocycles. The third kappa shape index (κ3) is 7.26. The Bertz CT molecular complexity index is 854. The van der Waals surface area contributed by atoms with Gasteiger partial charge in [0.2, 0.25) is 0 Å². The van der Waals surface area contributed by atoms with Crippen molar-refractivity contribution in [3.8, 4) is 5.75 Å². The highest BCUT2D eigenvalue weighted by Crippen LogP contribution is 2.29. The number of amidine groups is 1. The van der Waals surface area contributed by atoms with Crippen molar-refractivity contribution < 1.29 is 19.4 Å². The summed E-state index contributed by atoms with van der Waals surface area (Å²) in [7, 11) is 1.63. The topological polar surface area (TPSA) is 94.5 Å². The molecule has 1 aromatic carbocycles. The van der Waals surface area contributed by atoms with E-state index in [2.05, 4.69) is 12.2 Å². The minimum Gasteiger partial charge on any atom is -0.491 e. The van der Waals surface area contributed by atoms with E-state index in [0.29, 0.717) is 15.9 Å². The number of aliphatic hydroxyl groups excluding tert-OH is 1. The van der Waals surface area contributed by atoms with Crippen LogP contribution in [0.1, 0.15) is 51.9 Å². The van der Waals surface area contributed by atoms with Crippen LogP contribution in [0.3, 0.4) is 0 Å². The quantitative estimate of drug-likeness (QED) is 0.388. The number of likely N-dealkylation sites (N-methyl/N-ethyl adjacent to an activating group) is 1. The molecule has 1 saturated heterocycles. The van der Waals surface area contributed by atoms with Gasteiger partial charge in [-0.1, -0.05) is 68.8 Å². The summed E-state index contributed by atoms with van der Waals surface area (Å²) < 4.78 is 5.68. The molecule has 0 aromatic heterocycles. The summed E-state index contributed by atoms with van der Waals surface area (Å²) in [6.45, 7) is 2.45. The van der Waals surface area contributed by atoms with Crippen molar-refractivity contribution in [2.24, 2.45) is 4.99 Å². The number of hydrogen-bond donors (Lipinski definition) is 2. The number of unbranched alkanes of at least 4 members (excludes halogenated alkanes) is 6. The molecule has 3 atom stereocenters. The van der Waals surface area contributed by atoms with E-state index >= 15 is 0 Å². The van der Waals surface area contributed by atoms with Crippen LogP contribution in [0.2, 0.25) is 5.02 Å². The van der Waals surface area contributed by atoms with Crippen molar-refractivity contribution in [3.63, 3.8) is 0 Å². The lowest BCUT2D eigenvalue weighted by molar-refractivity contribution is -0.127. The largest absolute Gasteiger partial charge is 0.491 e. The average molecular weight is 511 g/mol. The Morgan fingerprint density at radius 3 is 2.53 bits per heavy atom. The van der Waals surface area contributed by atoms with Crippen LogP contribution in [0.15, 0.2) is 29.3 Å². The van der Waals surface area contributed by atoms with Crippen molar-refractivity contribution in [1.82, 2.24) is 15.1 Å². The Morgan fingerprint density at radius 1 is 1.15 bits per heavy atom. The Hall–Kier alpha value is -1.97. The fourth-order valence-corrected chi connectivity index (χ4v) is 5.23. The van der Waals surface area contributed by atoms with Gasteiger partial charge in [0.05, 0.1) is 6.54 Å². The number of carbonyl (C=O) groups is 2. The molecule has 2 heterocycles. The normalized spacial score (nSPS) is 20.8. The van der Waals surface area contributed by atoms with Crippen LogP contribution < -0.4 is 10.1 Å². The predicted octanol–water partition coefficient (Wildman–Crippen LogP) is 4.11. The van der Waals surface area contributed by atoms with Crippen LogP contribution in [-0.4, -0.2) is 76.3 Å². The Labute approximate surface area is 211 Å². The van der Waals surface area contributed by atoms with Gasteiger partial charge in [0.25, 0.3) is 5.91 Å². The number of hydrogen-bond acceptors (Lipinski definition) is 7. The molecule has 2 aliphatic rings. The van der Waals surface area contributed by atoms with E-state index in [4.69, 9.17) is 21.3 Å². The molecule has 0 radical (unpaired) electrons. The van der Waals surface area contributed by atoms with Gasteiger partial charge in [-0.05, 0) is 30.7 Å². The van der Waals surface area contributed by atoms with E-state index < -0.39 is 30.2 Å². The zero-order valence-corrected chi connectivity index (χ0v) is 21.5. The number of ether oxygens (including phenoxy) is 1. The molecule has 2 aliphatic heterocycles. The van der Waals surface area contributed by atoms with Crippen LogP contribution in [0.4, 0.5) is 4.79 Å². The molecule has 3 rings (SSSR count). The van der Waals surface area contributed by atoms with E-state index in [1.54, 1.807) is 43.1 Å². The maximum Gasteiger partial charge on any atom is 0.325 e. The minimum absolute atomic E-state index is 0.0572. The fraction of sp³-hybridized carbons (Fsp3) is 0.625. The number of carbonyl (C=O) groups excluding carboxylic acids is 2. The van der Waals surface area contributed by atoms with Gasteiger partial charge in [0, 0.05) is 17.8 Å². The van der Waals surface area contributed by atoms with E-state index in [9.17, 15) is 14.7 Å². The van der Waals surface area contributed by atoms with Crippen molar-refractivity contribution in [2.45, 2.75) is 70.2 Å². The SMILES string of the molecule is CCCCCCCCCSC1=NC2C(C(=O)NC(=O)N2C)N1CC(O)COc1ccc(Cl)cc1. The van der Waals surface area contributed by atoms with Gasteiger partial charge in [0.1, 0.15) is 18.5 Å². The van der Waals surface area contributed by atoms with Gasteiger partial charge in [-0.25, -0.2) is 9.79 Å². The molecular weight excluding hydrogens is 476 g/mol. The van der Waals surface area contributed by atoms with E-state index in [-0.39, 0.29) is 13.2 Å². The fourth-order valence-electron chi connectivity index (χ4n) is 4.04. The number of halogens is 1. The number of aliphatic hydroxyl groups is 1. The van der Waals surface area contributed by atoms with Gasteiger partial charge >= 0.3 is 6.03 Å². The monoisotopic (exact) mass is 510 g/mol. The number of nitrogens with zero attached hydrogens (tertiary/aromatic N) is 3. The second-order valence-electron chi connectivity index (χ2n) is 8.72. The van der Waals surface area contributed by atoms with E-state index in [1.165, 1.54) is 37.0 Å². The van der Waals surface area contributed by atoms with Crippen molar-refractivity contribution in [1.29, 1.82) is 0 Å². The average Bonchev–Trinajstić information content (AvgIpc) is 3.17. The first-order valence-corrected chi connectivity index (χ1v) is 13.4. The Kier molecular flexibility index (Phi) is 10.3. The van der Waals surface area contributed by atoms with Gasteiger partial charge in [-0.3, -0.25) is 10.1 Å². The van der Waals surface area contributed by atoms with Crippen molar-refractivity contribution >= 4 is 40.5 Å². The molecule has 0 bridgehead atoms. The number of rotatable bonds is 13. The van der Waals surface area contributed by atoms with Crippen LogP contribution in [0.25, 0.3) is 0 Å². The van der Waals surface area contributed by atoms with Gasteiger partial charge in [0.15, 0.2) is 17.4 Å². The zero-order valence-electron chi connectivity index (χ0n) is 19.9. The number of fused-ring (bicyclic) bond motifs is 1. The molecule has 1 aromatic rings. The molecule has 8 nitrogen and oxygen atoms in total. The maximum atomic E-state index is 12.7. The molecule has 1 fully saturated rings. The number of β-amino-alcohol motifs (C(OH)–C–C–N with tert-alkyl or cyclic N) is 1. The summed E-state index contributed by atoms with van der Waals surface area (Å²) in [5.74, 6) is 1.08. The zero-order chi connectivity index (χ0) is 24.5. The highest BCUT2D eigenvalue weighted by Gasteiger charge is 2.48. The van der Waals surface area contributed by atoms with E-state index in [1.807, 2.05) is 4.90 Å². The molecule has 2 N–H and O–H groups in total. The third-order valence-corrected chi connectivity index (χ3v) is 7.31. The molecule has 3 amide bonds. The van der Waals surface area contributed by atoms with E-state index in [0.717, 1.165) is 18.6 Å². The third-order valence-electron chi connectivity index (χ3n) is 5.97. The Balaban J connectivity index is 1.56. The van der Waals surface area contributed by atoms with Crippen LogP contribution in [0, 0.1) is 0 Å². The van der Waals surface area contributed by atoms with Gasteiger partial charge in [-0.15, -0.1) is 0 Å². The summed E-state index contributed by atoms with van der Waals surface area (Å²) >= 11 is 7.48. The summed E-state index contributed by atoms with van der Waals surface area (Å²) in [6.07, 6.45) is 7.09. The van der Waals surface area contributed by atoms with Crippen LogP contribution in [-0.2, 0) is 4.79 Å². The first-order valence-electron chi connectivity index (χ1n) is 12.0. The number of urea groups is 1. The molecule has 0 aliphatic carbocycles. The number of nitrogens with one attached hydrogen (secondary N) is 1. The summed E-state index contributed by atoms with van der Waals surface area (Å²) in [5, 5.41) is 14.4. The lowest BCUT2D eigenvalue weighted by Gasteiger charge is -2.36. The van der Waals surface area contributed by atoms with Gasteiger partial charge < -0.3 is 19.6 Å². The second-order valence-corrected chi connectivity index (χ2v) is 10.2. The number of thioether (sulfide) groups is 1. The number of imide groups is 1. The minimum atomic E-state index is -0.852. The Morgan fingerprint density at radius 2 is 1.82 bits per heavy atom. The number of amides is 3. The lowest BCUT2D eigenvalue weighted by atomic mass is 10.1. The summed E-state index contributed by atoms with van der Waals surface area (Å²) in [4.78, 5) is 32.7. The molecule has 34 heavy (non-hydrogen) atoms. The summed E-state index contributed by atoms with van der Waals surface area (Å²) in [6, 6.07) is 5.80. The second kappa shape index (κ2) is 13.2. The van der Waals surface area contributed by atoms with Crippen LogP contribution in [0.5, 0.6) is 5.75 Å². The first-order chi connectivity index (χ1) is 16.4. The molecular formula is C24H35ClN4O4S. The molecule has 188 valence electrons. The van der Waals surface area contributed by atoms with Crippen LogP contribution >= 0.6 is 23.4 Å². The maximum absolute atomic E-state index is 12.7. The number of aliphatic imine (C=N–C) groups is 1. The molecule has 10 heteroatoms. The standard InChI is InChI=1S/C24H35ClN4O4S/c1-3-4-5-6-7-8-9-14-34-24-26-21-20(22(31)27-23(32)28(21)2)29(24)15-18(30)16-33-19-12-10-17(25)11-13-19/h10-13,18,20-21,30H,3-9,14-16H2,1-2H3,(H,27,31,32). The highest BCUT2D eigenvalue weighted by molar-refractivity contribution is 8.13. The highest BCUT2D eigenvalue weighted by atomic mass is 35.5. The first kappa shape index (κ1) is 26.6. The smallest absolute Gasteiger partial charge is 0.325 e. The predicted molar refractivity (Wildman–Crippen MR) is 136 cm³/mol. The lowest BCUT2D eigenvalue weighted by Crippen LogP contribution is -2.64. The van der Waals surface area contributed by atoms with Crippen molar-refractivity contribution in [3.05, 3.63) is 29.3 Å². The summed E-state index contributed by atoms with van der Waals surface area (Å²) in [5.41, 5.74) is 0. The molecule has 0 spiro atoms. The van der Waals surface area contributed by atoms with Gasteiger partial charge in [-0.2, -0.15) is 0 Å². The van der Waals surface area contributed by atoms with Crippen molar-refractivity contribution in [2.75, 3.05) is 26.0 Å². The molecule has 3 unspecified atom stereocenters. The number of benzene rings is 1.